The zero-order valence-corrected chi connectivity index (χ0v) is 17.3. The Hall–Kier alpha value is -3.03. The number of aromatic amines is 1. The van der Waals surface area contributed by atoms with Crippen LogP contribution in [0.4, 0.5) is 20.2 Å². The summed E-state index contributed by atoms with van der Waals surface area (Å²) in [6.45, 7) is 2.42. The Balaban J connectivity index is 1.67. The van der Waals surface area contributed by atoms with Gasteiger partial charge in [0.1, 0.15) is 11.3 Å². The van der Waals surface area contributed by atoms with Crippen molar-refractivity contribution in [3.63, 3.8) is 0 Å². The molecule has 1 fully saturated rings. The second kappa shape index (κ2) is 8.38. The van der Waals surface area contributed by atoms with Crippen LogP contribution in [0, 0.1) is 17.6 Å². The van der Waals surface area contributed by atoms with E-state index >= 15 is 0 Å². The highest BCUT2D eigenvalue weighted by Crippen LogP contribution is 2.36. The summed E-state index contributed by atoms with van der Waals surface area (Å²) in [5.41, 5.74) is 2.23. The normalized spacial score (nSPS) is 18.6. The predicted octanol–water partition coefficient (Wildman–Crippen LogP) is 5.07. The summed E-state index contributed by atoms with van der Waals surface area (Å²) >= 11 is 0. The predicted molar refractivity (Wildman–Crippen MR) is 113 cm³/mol. The van der Waals surface area contributed by atoms with Gasteiger partial charge in [-0.3, -0.25) is 0 Å². The third kappa shape index (κ3) is 3.62. The molecule has 1 aliphatic carbocycles. The van der Waals surface area contributed by atoms with Crippen LogP contribution in [0.3, 0.4) is 0 Å². The number of hydrogen-bond donors (Lipinski definition) is 3. The number of rotatable bonds is 7. The molecule has 1 saturated carbocycles. The molecule has 2 atom stereocenters. The zero-order valence-electron chi connectivity index (χ0n) is 17.3. The number of benzene rings is 1. The molecule has 2 aromatic heterocycles. The van der Waals surface area contributed by atoms with Gasteiger partial charge >= 0.3 is 0 Å². The molecule has 0 saturated heterocycles. The summed E-state index contributed by atoms with van der Waals surface area (Å²) < 4.78 is 39.5. The Kier molecular flexibility index (Phi) is 5.65. The van der Waals surface area contributed by atoms with Gasteiger partial charge in [-0.2, -0.15) is 0 Å². The van der Waals surface area contributed by atoms with Gasteiger partial charge < -0.3 is 25.1 Å². The summed E-state index contributed by atoms with van der Waals surface area (Å²) in [5.74, 6) is -1.22. The number of nitrogens with one attached hydrogen (secondary N) is 3. The van der Waals surface area contributed by atoms with E-state index in [1.54, 1.807) is 6.20 Å². The Morgan fingerprint density at radius 3 is 2.50 bits per heavy atom. The molecule has 1 aliphatic rings. The van der Waals surface area contributed by atoms with Gasteiger partial charge in [-0.25, -0.2) is 13.8 Å². The van der Waals surface area contributed by atoms with Crippen LogP contribution in [0.1, 0.15) is 31.7 Å². The van der Waals surface area contributed by atoms with Crippen LogP contribution in [0.25, 0.3) is 11.0 Å². The lowest BCUT2D eigenvalue weighted by atomic mass is 10.0. The smallest absolute Gasteiger partial charge is 0.191 e. The molecule has 0 unspecified atom stereocenters. The van der Waals surface area contributed by atoms with Crippen LogP contribution in [-0.4, -0.2) is 30.2 Å². The van der Waals surface area contributed by atoms with Gasteiger partial charge in [0.25, 0.3) is 0 Å². The maximum Gasteiger partial charge on any atom is 0.191 e. The molecule has 3 N–H and O–H groups in total. The molecule has 0 aliphatic heterocycles. The van der Waals surface area contributed by atoms with Crippen molar-refractivity contribution in [2.75, 3.05) is 24.9 Å². The molecule has 30 heavy (non-hydrogen) atoms. The first-order chi connectivity index (χ1) is 14.5. The topological polar surface area (TPSA) is 71.2 Å². The van der Waals surface area contributed by atoms with Gasteiger partial charge in [-0.1, -0.05) is 13.3 Å². The van der Waals surface area contributed by atoms with E-state index in [1.807, 2.05) is 12.3 Å². The van der Waals surface area contributed by atoms with Gasteiger partial charge in [-0.05, 0) is 24.8 Å². The van der Waals surface area contributed by atoms with Gasteiger partial charge in [0, 0.05) is 42.0 Å². The van der Waals surface area contributed by atoms with Crippen molar-refractivity contribution >= 4 is 22.4 Å². The molecule has 1 aromatic carbocycles. The summed E-state index contributed by atoms with van der Waals surface area (Å²) in [5, 5.41) is 7.50. The van der Waals surface area contributed by atoms with Crippen LogP contribution in [-0.2, 0) is 6.54 Å². The van der Waals surface area contributed by atoms with Crippen molar-refractivity contribution in [1.82, 2.24) is 9.97 Å². The minimum atomic E-state index is -0.801. The summed E-state index contributed by atoms with van der Waals surface area (Å²) in [7, 11) is 2.65. The van der Waals surface area contributed by atoms with Crippen molar-refractivity contribution < 1.29 is 18.3 Å². The van der Waals surface area contributed by atoms with Crippen molar-refractivity contribution in [2.45, 2.75) is 38.8 Å². The van der Waals surface area contributed by atoms with Crippen LogP contribution in [0.15, 0.2) is 24.5 Å². The van der Waals surface area contributed by atoms with Crippen molar-refractivity contribution in [1.29, 1.82) is 0 Å². The highest BCUT2D eigenvalue weighted by atomic mass is 19.1. The molecular weight excluding hydrogens is 390 g/mol. The van der Waals surface area contributed by atoms with E-state index < -0.39 is 11.6 Å². The fourth-order valence-corrected chi connectivity index (χ4v) is 4.12. The molecule has 160 valence electrons. The number of aromatic nitrogens is 2. The number of halogens is 2. The van der Waals surface area contributed by atoms with Crippen LogP contribution >= 0.6 is 0 Å². The Bertz CT molecular complexity index is 1030. The average molecular weight is 416 g/mol. The number of pyridine rings is 1. The second-order valence-electron chi connectivity index (χ2n) is 7.70. The molecule has 6 nitrogen and oxygen atoms in total. The molecular formula is C22H26F2N4O2. The lowest BCUT2D eigenvalue weighted by Crippen LogP contribution is -2.23. The van der Waals surface area contributed by atoms with Crippen molar-refractivity contribution in [3.05, 3.63) is 41.7 Å². The van der Waals surface area contributed by atoms with Crippen LogP contribution < -0.4 is 20.1 Å². The summed E-state index contributed by atoms with van der Waals surface area (Å²) in [4.78, 5) is 7.57. The third-order valence-electron chi connectivity index (χ3n) is 5.89. The average Bonchev–Trinajstić information content (AvgIpc) is 3.38. The summed E-state index contributed by atoms with van der Waals surface area (Å²) in [6.07, 6.45) is 7.03. The van der Waals surface area contributed by atoms with E-state index in [-0.39, 0.29) is 23.7 Å². The van der Waals surface area contributed by atoms with Crippen LogP contribution in [0.5, 0.6) is 11.5 Å². The molecule has 0 amide bonds. The van der Waals surface area contributed by atoms with E-state index in [0.717, 1.165) is 28.7 Å². The third-order valence-corrected chi connectivity index (χ3v) is 5.89. The number of methoxy groups -OCH3 is 2. The Morgan fingerprint density at radius 2 is 1.87 bits per heavy atom. The highest BCUT2D eigenvalue weighted by Gasteiger charge is 2.25. The van der Waals surface area contributed by atoms with E-state index in [0.29, 0.717) is 12.0 Å². The maximum absolute atomic E-state index is 14.7. The molecule has 0 spiro atoms. The second-order valence-corrected chi connectivity index (χ2v) is 7.70. The molecule has 3 aromatic rings. The first-order valence-corrected chi connectivity index (χ1v) is 10.1. The van der Waals surface area contributed by atoms with Crippen molar-refractivity contribution in [3.8, 4) is 11.5 Å². The van der Waals surface area contributed by atoms with Gasteiger partial charge in [-0.15, -0.1) is 0 Å². The first kappa shape index (κ1) is 20.3. The number of anilines is 2. The quantitative estimate of drug-likeness (QED) is 0.502. The number of nitrogens with zero attached hydrogens (tertiary/aromatic N) is 1. The number of fused-ring (bicyclic) bond motifs is 1. The monoisotopic (exact) mass is 416 g/mol. The van der Waals surface area contributed by atoms with Gasteiger partial charge in [0.2, 0.25) is 0 Å². The van der Waals surface area contributed by atoms with Crippen LogP contribution in [0.2, 0.25) is 0 Å². The van der Waals surface area contributed by atoms with E-state index in [2.05, 4.69) is 27.5 Å². The molecule has 4 rings (SSSR count). The molecule has 2 heterocycles. The molecule has 0 radical (unpaired) electrons. The van der Waals surface area contributed by atoms with E-state index in [4.69, 9.17) is 9.47 Å². The minimum absolute atomic E-state index is 0.0897. The fraction of sp³-hybridized carbons (Fsp3) is 0.409. The minimum Gasteiger partial charge on any atom is -0.493 e. The number of hydrogen-bond acceptors (Lipinski definition) is 5. The number of H-pyrrole nitrogens is 1. The summed E-state index contributed by atoms with van der Waals surface area (Å²) in [6, 6.07) is 3.51. The lowest BCUT2D eigenvalue weighted by molar-refractivity contribution is 0.360. The van der Waals surface area contributed by atoms with Crippen molar-refractivity contribution in [2.24, 2.45) is 5.92 Å². The van der Waals surface area contributed by atoms with Gasteiger partial charge in [0.05, 0.1) is 19.9 Å². The molecule has 0 bridgehead atoms. The molecule has 8 heteroatoms. The zero-order chi connectivity index (χ0) is 21.3. The highest BCUT2D eigenvalue weighted by molar-refractivity contribution is 5.91. The van der Waals surface area contributed by atoms with Gasteiger partial charge in [0.15, 0.2) is 23.1 Å². The number of ether oxygens (including phenoxy) is 2. The standard InChI is InChI=1S/C22H26F2N4O2/c1-12-5-4-6-15(12)28-20-13(11-27-22-14(20)7-8-25-22)10-26-21-18(23)16(29-2)9-17(30-3)19(21)24/h7-9,11-12,15,26H,4-6,10H2,1-3H3,(H2,25,27,28)/t12-,15-/m1/s1. The Labute approximate surface area is 174 Å². The largest absolute Gasteiger partial charge is 0.493 e. The first-order valence-electron chi connectivity index (χ1n) is 10.1. The lowest BCUT2D eigenvalue weighted by Gasteiger charge is -2.22. The SMILES string of the molecule is COc1cc(OC)c(F)c(NCc2cnc3[nH]ccc3c2N[C@@H]2CCC[C@H]2C)c1F. The van der Waals surface area contributed by atoms with E-state index in [1.165, 1.54) is 33.1 Å². The fourth-order valence-electron chi connectivity index (χ4n) is 4.12. The van der Waals surface area contributed by atoms with E-state index in [9.17, 15) is 8.78 Å². The maximum atomic E-state index is 14.7. The Morgan fingerprint density at radius 1 is 1.13 bits per heavy atom.